The molecule has 6 N–H and O–H groups in total. The van der Waals surface area contributed by atoms with Crippen molar-refractivity contribution in [2.24, 2.45) is 5.73 Å². The summed E-state index contributed by atoms with van der Waals surface area (Å²) in [7, 11) is -3.92. The molecule has 39 heavy (non-hydrogen) atoms. The van der Waals surface area contributed by atoms with E-state index in [-0.39, 0.29) is 25.3 Å². The van der Waals surface area contributed by atoms with Gasteiger partial charge in [-0.05, 0) is 53.8 Å². The summed E-state index contributed by atoms with van der Waals surface area (Å²) in [6.45, 7) is -0.380. The van der Waals surface area contributed by atoms with Crippen molar-refractivity contribution in [3.8, 4) is 0 Å². The first-order chi connectivity index (χ1) is 18.7. The number of pyridine rings is 1. The molecule has 0 bridgehead atoms. The number of amides is 2. The summed E-state index contributed by atoms with van der Waals surface area (Å²) in [4.78, 5) is 30.2. The van der Waals surface area contributed by atoms with Gasteiger partial charge in [0.1, 0.15) is 12.1 Å². The summed E-state index contributed by atoms with van der Waals surface area (Å²) < 4.78 is 28.3. The molecule has 0 aliphatic carbocycles. The number of carbonyl (C=O) groups excluding carboxylic acids is 2. The molecule has 1 unspecified atom stereocenters. The van der Waals surface area contributed by atoms with Crippen molar-refractivity contribution in [1.82, 2.24) is 20.3 Å². The Morgan fingerprint density at radius 1 is 0.974 bits per heavy atom. The Morgan fingerprint density at radius 2 is 1.72 bits per heavy atom. The number of aliphatic hydroxyl groups excluding tert-OH is 1. The molecule has 0 saturated heterocycles. The van der Waals surface area contributed by atoms with Gasteiger partial charge in [0, 0.05) is 30.0 Å². The fourth-order valence-electron chi connectivity index (χ4n) is 3.86. The third-order valence-corrected chi connectivity index (χ3v) is 7.50. The number of hydrogen-bond donors (Lipinski definition) is 5. The van der Waals surface area contributed by atoms with E-state index in [0.717, 1.165) is 5.56 Å². The van der Waals surface area contributed by atoms with Gasteiger partial charge in [-0.25, -0.2) is 13.1 Å². The van der Waals surface area contributed by atoms with Gasteiger partial charge in [-0.1, -0.05) is 54.1 Å². The van der Waals surface area contributed by atoms with Gasteiger partial charge in [0.2, 0.25) is 21.8 Å². The van der Waals surface area contributed by atoms with Crippen LogP contribution in [-0.2, 0) is 44.9 Å². The van der Waals surface area contributed by atoms with Crippen molar-refractivity contribution in [2.75, 3.05) is 6.61 Å². The van der Waals surface area contributed by atoms with Gasteiger partial charge >= 0.3 is 0 Å². The number of aromatic nitrogens is 1. The Labute approximate surface area is 233 Å². The number of aryl methyl sites for hydroxylation is 1. The topological polar surface area (TPSA) is 164 Å². The van der Waals surface area contributed by atoms with Crippen molar-refractivity contribution < 1.29 is 23.1 Å². The highest BCUT2D eigenvalue weighted by atomic mass is 35.5. The van der Waals surface area contributed by atoms with Crippen molar-refractivity contribution in [2.45, 2.75) is 43.8 Å². The Hall–Kier alpha value is -3.35. The van der Waals surface area contributed by atoms with Crippen LogP contribution in [0.15, 0.2) is 72.9 Å². The van der Waals surface area contributed by atoms with E-state index in [0.29, 0.717) is 28.3 Å². The van der Waals surface area contributed by atoms with Crippen LogP contribution in [0.4, 0.5) is 0 Å². The summed E-state index contributed by atoms with van der Waals surface area (Å²) >= 11 is 6.05. The number of rotatable bonds is 14. The number of carbonyl (C=O) groups is 2. The van der Waals surface area contributed by atoms with Gasteiger partial charge in [0.25, 0.3) is 0 Å². The molecule has 2 aromatic carbocycles. The van der Waals surface area contributed by atoms with Gasteiger partial charge in [0.05, 0.1) is 12.4 Å². The summed E-state index contributed by atoms with van der Waals surface area (Å²) in [5, 5.41) is 15.4. The Kier molecular flexibility index (Phi) is 11.4. The van der Waals surface area contributed by atoms with E-state index in [9.17, 15) is 23.1 Å². The number of nitrogens with two attached hydrogens (primary N) is 1. The third kappa shape index (κ3) is 9.72. The summed E-state index contributed by atoms with van der Waals surface area (Å²) in [6.07, 6.45) is 1.99. The maximum Gasteiger partial charge on any atom is 0.245 e. The first-order valence-corrected chi connectivity index (χ1v) is 14.3. The number of sulfonamides is 1. The summed E-state index contributed by atoms with van der Waals surface area (Å²) in [5.41, 5.74) is 8.46. The predicted molar refractivity (Wildman–Crippen MR) is 149 cm³/mol. The zero-order chi connectivity index (χ0) is 28.3. The average Bonchev–Trinajstić information content (AvgIpc) is 2.93. The van der Waals surface area contributed by atoms with Gasteiger partial charge in [-0.3, -0.25) is 14.6 Å². The molecule has 0 aliphatic rings. The maximum atomic E-state index is 13.2. The molecule has 10 nitrogen and oxygen atoms in total. The normalized spacial score (nSPS) is 12.9. The number of hydrogen-bond acceptors (Lipinski definition) is 7. The van der Waals surface area contributed by atoms with E-state index in [1.807, 2.05) is 0 Å². The molecular formula is C27H32ClN5O5S. The maximum absolute atomic E-state index is 13.2. The molecule has 0 aliphatic heterocycles. The second-order valence-electron chi connectivity index (χ2n) is 8.85. The van der Waals surface area contributed by atoms with E-state index in [2.05, 4.69) is 20.3 Å². The lowest BCUT2D eigenvalue weighted by molar-refractivity contribution is -0.130. The van der Waals surface area contributed by atoms with Gasteiger partial charge in [0.15, 0.2) is 0 Å². The van der Waals surface area contributed by atoms with E-state index < -0.39 is 40.5 Å². The first-order valence-electron chi connectivity index (χ1n) is 12.3. The van der Waals surface area contributed by atoms with Crippen LogP contribution in [-0.4, -0.2) is 49.0 Å². The molecule has 0 radical (unpaired) electrons. The molecule has 2 atom stereocenters. The Bertz CT molecular complexity index is 1340. The number of aliphatic hydroxyl groups is 1. The van der Waals surface area contributed by atoms with Crippen LogP contribution < -0.4 is 21.1 Å². The van der Waals surface area contributed by atoms with Crippen molar-refractivity contribution >= 4 is 33.4 Å². The minimum Gasteiger partial charge on any atom is -0.394 e. The van der Waals surface area contributed by atoms with Crippen LogP contribution in [0.2, 0.25) is 5.02 Å². The summed E-state index contributed by atoms with van der Waals surface area (Å²) in [5.74, 6) is -1.72. The Balaban J connectivity index is 1.70. The molecule has 12 heteroatoms. The zero-order valence-electron chi connectivity index (χ0n) is 21.2. The lowest BCUT2D eigenvalue weighted by Crippen LogP contribution is -2.55. The standard InChI is InChI=1S/C27H32ClN5O5S/c28-22-10-9-20(15-29)21(14-22)16-31-26(35)25(17-34)32-27(36)24(12-11-23-8-4-5-13-30-23)33-39(37,38)18-19-6-2-1-3-7-19/h1-10,13-14,24-25,33-34H,11-12,15-18,29H2,(H,31,35)(H,32,36)/t24-,25?/m0/s1. The highest BCUT2D eigenvalue weighted by molar-refractivity contribution is 7.88. The molecule has 208 valence electrons. The van der Waals surface area contributed by atoms with E-state index >= 15 is 0 Å². The van der Waals surface area contributed by atoms with Gasteiger partial charge in [-0.2, -0.15) is 0 Å². The molecular weight excluding hydrogens is 542 g/mol. The third-order valence-electron chi connectivity index (χ3n) is 5.91. The lowest BCUT2D eigenvalue weighted by Gasteiger charge is -2.22. The smallest absolute Gasteiger partial charge is 0.245 e. The zero-order valence-corrected chi connectivity index (χ0v) is 22.8. The molecule has 0 spiro atoms. The van der Waals surface area contributed by atoms with Crippen molar-refractivity contribution in [3.05, 3.63) is 100 Å². The molecule has 1 heterocycles. The van der Waals surface area contributed by atoms with E-state index in [1.165, 1.54) is 0 Å². The second kappa shape index (κ2) is 14.7. The van der Waals surface area contributed by atoms with Crippen LogP contribution in [0.3, 0.4) is 0 Å². The minimum atomic E-state index is -3.92. The van der Waals surface area contributed by atoms with E-state index in [1.54, 1.807) is 72.9 Å². The summed E-state index contributed by atoms with van der Waals surface area (Å²) in [6, 6.07) is 16.5. The highest BCUT2D eigenvalue weighted by Crippen LogP contribution is 2.16. The number of nitrogens with zero attached hydrogens (tertiary/aromatic N) is 1. The van der Waals surface area contributed by atoms with Crippen LogP contribution in [0.5, 0.6) is 0 Å². The molecule has 0 saturated carbocycles. The van der Waals surface area contributed by atoms with Crippen LogP contribution in [0.1, 0.15) is 28.8 Å². The Morgan fingerprint density at radius 3 is 2.38 bits per heavy atom. The number of nitrogens with one attached hydrogen (secondary N) is 3. The molecule has 3 aromatic rings. The fraction of sp³-hybridized carbons (Fsp3) is 0.296. The lowest BCUT2D eigenvalue weighted by atomic mass is 10.1. The van der Waals surface area contributed by atoms with Gasteiger partial charge in [-0.15, -0.1) is 0 Å². The van der Waals surface area contributed by atoms with E-state index in [4.69, 9.17) is 17.3 Å². The minimum absolute atomic E-state index is 0.0745. The average molecular weight is 574 g/mol. The molecule has 1 aromatic heterocycles. The SMILES string of the molecule is NCc1ccc(Cl)cc1CNC(=O)C(CO)NC(=O)[C@H](CCc1ccccn1)NS(=O)(=O)Cc1ccccc1. The quantitative estimate of drug-likeness (QED) is 0.194. The first kappa shape index (κ1) is 30.2. The molecule has 2 amide bonds. The van der Waals surface area contributed by atoms with Crippen LogP contribution >= 0.6 is 11.6 Å². The van der Waals surface area contributed by atoms with Crippen molar-refractivity contribution in [3.63, 3.8) is 0 Å². The molecule has 3 rings (SSSR count). The number of halogens is 1. The fourth-order valence-corrected chi connectivity index (χ4v) is 5.43. The van der Waals surface area contributed by atoms with Crippen LogP contribution in [0.25, 0.3) is 0 Å². The van der Waals surface area contributed by atoms with Crippen LogP contribution in [0, 0.1) is 0 Å². The number of benzene rings is 2. The largest absolute Gasteiger partial charge is 0.394 e. The highest BCUT2D eigenvalue weighted by Gasteiger charge is 2.28. The second-order valence-corrected chi connectivity index (χ2v) is 11.0. The van der Waals surface area contributed by atoms with Gasteiger partial charge < -0.3 is 21.5 Å². The molecule has 0 fully saturated rings. The predicted octanol–water partition coefficient (Wildman–Crippen LogP) is 1.41. The monoisotopic (exact) mass is 573 g/mol. The van der Waals surface area contributed by atoms with Crippen molar-refractivity contribution in [1.29, 1.82) is 0 Å².